The van der Waals surface area contributed by atoms with Crippen LogP contribution >= 0.6 is 0 Å². The molecule has 0 radical (unpaired) electrons. The first-order chi connectivity index (χ1) is 15.6. The van der Waals surface area contributed by atoms with E-state index in [2.05, 4.69) is 0 Å². The number of carbonyl (C=O) groups is 3. The average Bonchev–Trinajstić information content (AvgIpc) is 3.61. The molecule has 0 saturated heterocycles. The molecule has 32 heavy (non-hydrogen) atoms. The van der Waals surface area contributed by atoms with Crippen molar-refractivity contribution >= 4 is 17.7 Å². The van der Waals surface area contributed by atoms with Crippen molar-refractivity contribution in [1.29, 1.82) is 0 Å². The van der Waals surface area contributed by atoms with E-state index in [1.807, 2.05) is 0 Å². The third-order valence-corrected chi connectivity index (χ3v) is 5.25. The highest BCUT2D eigenvalue weighted by Gasteiger charge is 2.36. The Morgan fingerprint density at radius 2 is 1.31 bits per heavy atom. The zero-order valence-corrected chi connectivity index (χ0v) is 16.9. The summed E-state index contributed by atoms with van der Waals surface area (Å²) < 4.78 is 16.1. The fourth-order valence-corrected chi connectivity index (χ4v) is 3.69. The van der Waals surface area contributed by atoms with Crippen molar-refractivity contribution in [3.05, 3.63) is 107 Å². The second-order valence-corrected chi connectivity index (χ2v) is 7.36. The molecule has 1 aliphatic rings. The van der Waals surface area contributed by atoms with Crippen LogP contribution in [0.5, 0.6) is 0 Å². The molecule has 1 aromatic carbocycles. The summed E-state index contributed by atoms with van der Waals surface area (Å²) in [5.41, 5.74) is 0.757. The minimum absolute atomic E-state index is 0.0335. The van der Waals surface area contributed by atoms with Crippen molar-refractivity contribution < 1.29 is 27.6 Å². The first-order valence-electron chi connectivity index (χ1n) is 9.97. The third kappa shape index (κ3) is 3.62. The van der Waals surface area contributed by atoms with Gasteiger partial charge < -0.3 is 18.2 Å². The third-order valence-electron chi connectivity index (χ3n) is 5.25. The quantitative estimate of drug-likeness (QED) is 0.410. The van der Waals surface area contributed by atoms with Crippen LogP contribution in [0.4, 0.5) is 0 Å². The molecule has 3 aromatic heterocycles. The first-order valence-corrected chi connectivity index (χ1v) is 9.97. The van der Waals surface area contributed by atoms with E-state index < -0.39 is 11.8 Å². The number of fused-ring (bicyclic) bond motifs is 1. The molecule has 0 spiro atoms. The molecule has 0 atom stereocenters. The molecule has 0 aliphatic carbocycles. The predicted molar refractivity (Wildman–Crippen MR) is 110 cm³/mol. The summed E-state index contributed by atoms with van der Waals surface area (Å²) in [6.45, 7) is 0.480. The first kappa shape index (κ1) is 19.6. The summed E-state index contributed by atoms with van der Waals surface area (Å²) in [7, 11) is 0. The van der Waals surface area contributed by atoms with Crippen LogP contribution in [-0.4, -0.2) is 27.5 Å². The van der Waals surface area contributed by atoms with E-state index in [4.69, 9.17) is 13.3 Å². The van der Waals surface area contributed by atoms with Crippen LogP contribution in [0.2, 0.25) is 0 Å². The number of nitrogens with zero attached hydrogens (tertiary/aromatic N) is 2. The lowest BCUT2D eigenvalue weighted by molar-refractivity contribution is 0.0631. The Morgan fingerprint density at radius 3 is 1.88 bits per heavy atom. The van der Waals surface area contributed by atoms with Gasteiger partial charge in [-0.25, -0.2) is 0 Å². The molecular weight excluding hydrogens is 412 g/mol. The van der Waals surface area contributed by atoms with Crippen molar-refractivity contribution in [2.24, 2.45) is 0 Å². The van der Waals surface area contributed by atoms with E-state index in [1.165, 1.54) is 30.9 Å². The van der Waals surface area contributed by atoms with Crippen molar-refractivity contribution in [3.63, 3.8) is 0 Å². The molecule has 0 fully saturated rings. The number of rotatable bonds is 7. The van der Waals surface area contributed by atoms with Gasteiger partial charge in [0.05, 0.1) is 49.6 Å². The van der Waals surface area contributed by atoms with Crippen molar-refractivity contribution in [2.75, 3.05) is 0 Å². The molecule has 1 aliphatic heterocycles. The highest BCUT2D eigenvalue weighted by Crippen LogP contribution is 2.27. The largest absolute Gasteiger partial charge is 0.467 e. The zero-order chi connectivity index (χ0) is 22.1. The molecule has 8 heteroatoms. The van der Waals surface area contributed by atoms with Gasteiger partial charge in [-0.1, -0.05) is 0 Å². The Hall–Kier alpha value is -4.33. The number of hydrogen-bond acceptors (Lipinski definition) is 6. The normalized spacial score (nSPS) is 12.9. The maximum atomic E-state index is 13.3. The van der Waals surface area contributed by atoms with Gasteiger partial charge in [0.1, 0.15) is 17.3 Å². The minimum Gasteiger partial charge on any atom is -0.467 e. The van der Waals surface area contributed by atoms with Crippen LogP contribution in [0.15, 0.2) is 86.6 Å². The highest BCUT2D eigenvalue weighted by atomic mass is 16.3. The Morgan fingerprint density at radius 1 is 0.750 bits per heavy atom. The van der Waals surface area contributed by atoms with Gasteiger partial charge in [-0.05, 0) is 54.6 Å². The van der Waals surface area contributed by atoms with Gasteiger partial charge >= 0.3 is 0 Å². The van der Waals surface area contributed by atoms with Gasteiger partial charge in [-0.2, -0.15) is 0 Å². The Balaban J connectivity index is 1.42. The summed E-state index contributed by atoms with van der Waals surface area (Å²) >= 11 is 0. The van der Waals surface area contributed by atoms with E-state index >= 15 is 0 Å². The molecule has 0 bridgehead atoms. The van der Waals surface area contributed by atoms with Crippen LogP contribution < -0.4 is 0 Å². The number of imide groups is 1. The SMILES string of the molecule is O=C(c1ccc2c(c1)C(=O)N(Cc1ccco1)C2=O)N(Cc1ccco1)Cc1ccco1. The topological polar surface area (TPSA) is 97.1 Å². The van der Waals surface area contributed by atoms with Crippen LogP contribution in [0.1, 0.15) is 48.4 Å². The number of benzene rings is 1. The molecule has 5 rings (SSSR count). The van der Waals surface area contributed by atoms with Gasteiger partial charge in [-0.15, -0.1) is 0 Å². The van der Waals surface area contributed by atoms with Crippen LogP contribution in [0, 0.1) is 0 Å². The second kappa shape index (κ2) is 8.07. The Labute approximate surface area is 182 Å². The van der Waals surface area contributed by atoms with Gasteiger partial charge in [0.2, 0.25) is 0 Å². The van der Waals surface area contributed by atoms with Gasteiger partial charge in [0.15, 0.2) is 0 Å². The zero-order valence-electron chi connectivity index (χ0n) is 16.9. The Bertz CT molecular complexity index is 1220. The number of carbonyl (C=O) groups excluding carboxylic acids is 3. The summed E-state index contributed by atoms with van der Waals surface area (Å²) in [4.78, 5) is 41.6. The van der Waals surface area contributed by atoms with Crippen molar-refractivity contribution in [1.82, 2.24) is 9.80 Å². The molecule has 4 aromatic rings. The lowest BCUT2D eigenvalue weighted by Crippen LogP contribution is -2.30. The van der Waals surface area contributed by atoms with E-state index in [1.54, 1.807) is 47.4 Å². The van der Waals surface area contributed by atoms with Crippen LogP contribution in [0.3, 0.4) is 0 Å². The molecule has 160 valence electrons. The van der Waals surface area contributed by atoms with Crippen molar-refractivity contribution in [3.8, 4) is 0 Å². The fraction of sp³-hybridized carbons (Fsp3) is 0.125. The standard InChI is InChI=1S/C24H18N2O6/c27-22(25(13-17-4-1-9-30-17)14-18-5-2-10-31-18)16-7-8-20-21(12-16)24(29)26(23(20)28)15-19-6-3-11-32-19/h1-12H,13-15H2. The lowest BCUT2D eigenvalue weighted by atomic mass is 10.0. The van der Waals surface area contributed by atoms with Crippen LogP contribution in [-0.2, 0) is 19.6 Å². The predicted octanol–water partition coefficient (Wildman–Crippen LogP) is 4.10. The average molecular weight is 430 g/mol. The smallest absolute Gasteiger partial charge is 0.261 e. The number of furan rings is 3. The summed E-state index contributed by atoms with van der Waals surface area (Å²) in [5.74, 6) is 0.538. The highest BCUT2D eigenvalue weighted by molar-refractivity contribution is 6.22. The molecule has 0 saturated carbocycles. The molecule has 0 N–H and O–H groups in total. The summed E-state index contributed by atoms with van der Waals surface area (Å²) in [6.07, 6.45) is 4.56. The van der Waals surface area contributed by atoms with E-state index in [-0.39, 0.29) is 36.7 Å². The number of hydrogen-bond donors (Lipinski definition) is 0. The van der Waals surface area contributed by atoms with Crippen molar-refractivity contribution in [2.45, 2.75) is 19.6 Å². The lowest BCUT2D eigenvalue weighted by Gasteiger charge is -2.21. The van der Waals surface area contributed by atoms with E-state index in [0.717, 1.165) is 4.90 Å². The fourth-order valence-electron chi connectivity index (χ4n) is 3.69. The maximum absolute atomic E-state index is 13.3. The van der Waals surface area contributed by atoms with Gasteiger partial charge in [-0.3, -0.25) is 19.3 Å². The summed E-state index contributed by atoms with van der Waals surface area (Å²) in [6, 6.07) is 15.0. The van der Waals surface area contributed by atoms with E-state index in [9.17, 15) is 14.4 Å². The molecular formula is C24H18N2O6. The van der Waals surface area contributed by atoms with Gasteiger partial charge in [0.25, 0.3) is 17.7 Å². The Kier molecular flexibility index (Phi) is 4.95. The van der Waals surface area contributed by atoms with Crippen LogP contribution in [0.25, 0.3) is 0 Å². The monoisotopic (exact) mass is 430 g/mol. The molecule has 4 heterocycles. The maximum Gasteiger partial charge on any atom is 0.261 e. The molecule has 8 nitrogen and oxygen atoms in total. The second-order valence-electron chi connectivity index (χ2n) is 7.36. The number of amides is 3. The summed E-state index contributed by atoms with van der Waals surface area (Å²) in [5, 5.41) is 0. The van der Waals surface area contributed by atoms with Gasteiger partial charge in [0, 0.05) is 5.56 Å². The molecule has 0 unspecified atom stereocenters. The molecule has 3 amide bonds. The minimum atomic E-state index is -0.459. The van der Waals surface area contributed by atoms with E-state index in [0.29, 0.717) is 22.8 Å².